The van der Waals surface area contributed by atoms with Crippen molar-refractivity contribution in [1.82, 2.24) is 15.1 Å². The van der Waals surface area contributed by atoms with Crippen LogP contribution in [0.2, 0.25) is 0 Å². The van der Waals surface area contributed by atoms with Gasteiger partial charge in [-0.1, -0.05) is 18.2 Å². The first-order valence-corrected chi connectivity index (χ1v) is 10.2. The highest BCUT2D eigenvalue weighted by Crippen LogP contribution is 2.31. The molecule has 1 atom stereocenters. The monoisotopic (exact) mass is 357 g/mol. The van der Waals surface area contributed by atoms with Gasteiger partial charge in [-0.15, -0.1) is 0 Å². The second-order valence-electron chi connectivity index (χ2n) is 8.00. The third-order valence-electron chi connectivity index (χ3n) is 5.91. The smallest absolute Gasteiger partial charge is 0.260 e. The van der Waals surface area contributed by atoms with Crippen LogP contribution in [-0.2, 0) is 11.3 Å². The van der Waals surface area contributed by atoms with Crippen LogP contribution in [0.15, 0.2) is 24.3 Å². The number of benzene rings is 1. The summed E-state index contributed by atoms with van der Waals surface area (Å²) in [4.78, 5) is 16.8. The number of amides is 1. The van der Waals surface area contributed by atoms with E-state index >= 15 is 0 Å². The van der Waals surface area contributed by atoms with Gasteiger partial charge in [-0.25, -0.2) is 0 Å². The molecule has 3 aliphatic rings. The van der Waals surface area contributed by atoms with Crippen molar-refractivity contribution in [2.45, 2.75) is 44.7 Å². The fourth-order valence-corrected chi connectivity index (χ4v) is 4.20. The molecule has 5 heteroatoms. The maximum absolute atomic E-state index is 12.2. The van der Waals surface area contributed by atoms with E-state index < -0.39 is 0 Å². The molecular weight excluding hydrogens is 326 g/mol. The van der Waals surface area contributed by atoms with Crippen molar-refractivity contribution in [2.75, 3.05) is 39.3 Å². The highest BCUT2D eigenvalue weighted by atomic mass is 16.5. The van der Waals surface area contributed by atoms with Crippen molar-refractivity contribution in [3.8, 4) is 5.75 Å². The van der Waals surface area contributed by atoms with E-state index in [0.29, 0.717) is 0 Å². The number of hydrogen-bond donors (Lipinski definition) is 1. The number of likely N-dealkylation sites (tertiary alicyclic amines) is 2. The van der Waals surface area contributed by atoms with Crippen LogP contribution >= 0.6 is 0 Å². The molecule has 1 aliphatic carbocycles. The molecule has 1 saturated carbocycles. The number of nitrogens with zero attached hydrogens (tertiary/aromatic N) is 2. The van der Waals surface area contributed by atoms with Gasteiger partial charge in [0.2, 0.25) is 0 Å². The minimum atomic E-state index is 0.108. The van der Waals surface area contributed by atoms with Crippen molar-refractivity contribution < 1.29 is 9.53 Å². The molecule has 1 aromatic carbocycles. The third-order valence-corrected chi connectivity index (χ3v) is 5.91. The molecular formula is C21H31N3O2. The van der Waals surface area contributed by atoms with Gasteiger partial charge < -0.3 is 19.9 Å². The van der Waals surface area contributed by atoms with Gasteiger partial charge in [0.25, 0.3) is 5.91 Å². The van der Waals surface area contributed by atoms with Crippen LogP contribution < -0.4 is 10.1 Å². The van der Waals surface area contributed by atoms with Crippen LogP contribution in [0.1, 0.15) is 37.7 Å². The second kappa shape index (κ2) is 8.40. The van der Waals surface area contributed by atoms with Gasteiger partial charge in [0.15, 0.2) is 6.61 Å². The molecule has 3 fully saturated rings. The molecule has 1 aromatic rings. The highest BCUT2D eigenvalue weighted by Gasteiger charge is 2.34. The average Bonchev–Trinajstić information content (AvgIpc) is 3.17. The van der Waals surface area contributed by atoms with E-state index in [0.717, 1.165) is 62.3 Å². The summed E-state index contributed by atoms with van der Waals surface area (Å²) in [7, 11) is 0. The molecule has 2 heterocycles. The van der Waals surface area contributed by atoms with Crippen LogP contribution in [0.4, 0.5) is 0 Å². The number of carbonyl (C=O) groups is 1. The molecule has 0 aromatic heterocycles. The topological polar surface area (TPSA) is 44.8 Å². The minimum absolute atomic E-state index is 0.108. The summed E-state index contributed by atoms with van der Waals surface area (Å²) in [6, 6.07) is 8.97. The Labute approximate surface area is 156 Å². The first-order valence-electron chi connectivity index (χ1n) is 10.2. The molecule has 0 bridgehead atoms. The zero-order valence-corrected chi connectivity index (χ0v) is 15.7. The molecule has 142 valence electrons. The molecule has 0 spiro atoms. The molecule has 5 nitrogen and oxygen atoms in total. The normalized spacial score (nSPS) is 23.5. The first-order chi connectivity index (χ1) is 12.8. The summed E-state index contributed by atoms with van der Waals surface area (Å²) in [5.41, 5.74) is 1.14. The zero-order chi connectivity index (χ0) is 17.8. The summed E-state index contributed by atoms with van der Waals surface area (Å²) in [6.07, 6.45) is 6.35. The van der Waals surface area contributed by atoms with E-state index in [-0.39, 0.29) is 12.5 Å². The minimum Gasteiger partial charge on any atom is -0.483 e. The van der Waals surface area contributed by atoms with Crippen molar-refractivity contribution in [3.05, 3.63) is 29.8 Å². The maximum Gasteiger partial charge on any atom is 0.260 e. The lowest BCUT2D eigenvalue weighted by Crippen LogP contribution is -2.32. The summed E-state index contributed by atoms with van der Waals surface area (Å²) in [6.45, 7) is 6.29. The molecule has 2 aliphatic heterocycles. The lowest BCUT2D eigenvalue weighted by Gasteiger charge is -2.18. The Balaban J connectivity index is 1.22. The van der Waals surface area contributed by atoms with Crippen molar-refractivity contribution >= 4 is 5.91 Å². The van der Waals surface area contributed by atoms with Gasteiger partial charge in [0.05, 0.1) is 0 Å². The fraction of sp³-hybridized carbons (Fsp3) is 0.667. The molecule has 2 saturated heterocycles. The molecule has 4 rings (SSSR count). The number of carbonyl (C=O) groups excluding carboxylic acids is 1. The summed E-state index contributed by atoms with van der Waals surface area (Å²) < 4.78 is 5.85. The number of nitrogens with one attached hydrogen (secondary N) is 1. The molecule has 26 heavy (non-hydrogen) atoms. The Hall–Kier alpha value is -1.59. The van der Waals surface area contributed by atoms with Gasteiger partial charge in [0.1, 0.15) is 5.75 Å². The van der Waals surface area contributed by atoms with E-state index in [9.17, 15) is 4.79 Å². The van der Waals surface area contributed by atoms with Gasteiger partial charge in [-0.2, -0.15) is 0 Å². The fourth-order valence-electron chi connectivity index (χ4n) is 4.20. The second-order valence-corrected chi connectivity index (χ2v) is 8.00. The van der Waals surface area contributed by atoms with Crippen LogP contribution in [0.3, 0.4) is 0 Å². The van der Waals surface area contributed by atoms with Crippen LogP contribution in [0.25, 0.3) is 0 Å². The Morgan fingerprint density at radius 2 is 1.92 bits per heavy atom. The van der Waals surface area contributed by atoms with Crippen LogP contribution in [-0.4, -0.2) is 61.1 Å². The zero-order valence-electron chi connectivity index (χ0n) is 15.7. The molecule has 0 radical (unpaired) electrons. The Morgan fingerprint density at radius 1 is 1.12 bits per heavy atom. The number of ether oxygens (including phenoxy) is 1. The standard InChI is InChI=1S/C21H31N3O2/c25-21(23-10-3-4-11-23)16-26-20-6-2-1-5-18(20)14-22-13-17-9-12-24(15-17)19-7-8-19/h1-2,5-6,17,19,22H,3-4,7-16H2. The van der Waals surface area contributed by atoms with Crippen molar-refractivity contribution in [1.29, 1.82) is 0 Å². The van der Waals surface area contributed by atoms with Gasteiger partial charge in [0, 0.05) is 37.8 Å². The molecule has 1 amide bonds. The third kappa shape index (κ3) is 4.57. The van der Waals surface area contributed by atoms with Crippen LogP contribution in [0.5, 0.6) is 5.75 Å². The molecule has 1 N–H and O–H groups in total. The average molecular weight is 357 g/mol. The lowest BCUT2D eigenvalue weighted by molar-refractivity contribution is -0.132. The summed E-state index contributed by atoms with van der Waals surface area (Å²) >= 11 is 0. The van der Waals surface area contributed by atoms with Gasteiger partial charge in [-0.3, -0.25) is 4.79 Å². The van der Waals surface area contributed by atoms with E-state index in [4.69, 9.17) is 4.74 Å². The maximum atomic E-state index is 12.2. The van der Waals surface area contributed by atoms with Crippen molar-refractivity contribution in [2.24, 2.45) is 5.92 Å². The van der Waals surface area contributed by atoms with Crippen molar-refractivity contribution in [3.63, 3.8) is 0 Å². The SMILES string of the molecule is O=C(COc1ccccc1CNCC1CCN(C2CC2)C1)N1CCCC1. The Morgan fingerprint density at radius 3 is 2.73 bits per heavy atom. The highest BCUT2D eigenvalue weighted by molar-refractivity contribution is 5.78. The van der Waals surface area contributed by atoms with Gasteiger partial charge >= 0.3 is 0 Å². The van der Waals surface area contributed by atoms with E-state index in [1.807, 2.05) is 23.1 Å². The number of rotatable bonds is 8. The predicted octanol–water partition coefficient (Wildman–Crippen LogP) is 2.26. The predicted molar refractivity (Wildman–Crippen MR) is 102 cm³/mol. The molecule has 1 unspecified atom stereocenters. The number of hydrogen-bond acceptors (Lipinski definition) is 4. The lowest BCUT2D eigenvalue weighted by atomic mass is 10.1. The first kappa shape index (κ1) is 17.8. The summed E-state index contributed by atoms with van der Waals surface area (Å²) in [5.74, 6) is 1.70. The summed E-state index contributed by atoms with van der Waals surface area (Å²) in [5, 5.41) is 3.60. The Kier molecular flexibility index (Phi) is 5.75. The number of para-hydroxylation sites is 1. The van der Waals surface area contributed by atoms with E-state index in [2.05, 4.69) is 16.3 Å². The quantitative estimate of drug-likeness (QED) is 0.775. The Bertz CT molecular complexity index is 611. The van der Waals surface area contributed by atoms with Gasteiger partial charge in [-0.05, 0) is 57.2 Å². The van der Waals surface area contributed by atoms with Crippen LogP contribution in [0, 0.1) is 5.92 Å². The van der Waals surface area contributed by atoms with E-state index in [1.54, 1.807) is 0 Å². The largest absolute Gasteiger partial charge is 0.483 e. The van der Waals surface area contributed by atoms with E-state index in [1.165, 1.54) is 32.4 Å².